The van der Waals surface area contributed by atoms with E-state index in [-0.39, 0.29) is 5.82 Å². The molecule has 1 aromatic carbocycles. The van der Waals surface area contributed by atoms with Gasteiger partial charge in [-0.15, -0.1) is 11.3 Å². The van der Waals surface area contributed by atoms with Crippen LogP contribution in [-0.2, 0) is 6.54 Å². The van der Waals surface area contributed by atoms with E-state index in [4.69, 9.17) is 11.6 Å². The molecule has 0 radical (unpaired) electrons. The third-order valence-electron chi connectivity index (χ3n) is 4.34. The van der Waals surface area contributed by atoms with Crippen molar-refractivity contribution in [3.05, 3.63) is 52.4 Å². The molecule has 1 saturated heterocycles. The molecular formula is C17H16ClFN4S. The highest BCUT2D eigenvalue weighted by atomic mass is 35.5. The molecule has 0 saturated carbocycles. The van der Waals surface area contributed by atoms with E-state index in [0.717, 1.165) is 42.2 Å². The number of hydrogen-bond acceptors (Lipinski definition) is 5. The maximum absolute atomic E-state index is 13.9. The second-order valence-electron chi connectivity index (χ2n) is 5.80. The molecule has 4 nitrogen and oxygen atoms in total. The van der Waals surface area contributed by atoms with Crippen LogP contribution in [0.3, 0.4) is 0 Å². The summed E-state index contributed by atoms with van der Waals surface area (Å²) in [6, 6.07) is 6.86. The van der Waals surface area contributed by atoms with Crippen LogP contribution in [0.5, 0.6) is 0 Å². The number of thiophene rings is 1. The van der Waals surface area contributed by atoms with E-state index >= 15 is 0 Å². The van der Waals surface area contributed by atoms with Gasteiger partial charge < -0.3 is 4.90 Å². The molecule has 0 spiro atoms. The summed E-state index contributed by atoms with van der Waals surface area (Å²) in [5.41, 5.74) is 1.57. The number of anilines is 1. The fourth-order valence-electron chi connectivity index (χ4n) is 3.03. The van der Waals surface area contributed by atoms with Crippen molar-refractivity contribution in [2.45, 2.75) is 6.54 Å². The first kappa shape index (κ1) is 15.7. The SMILES string of the molecule is Fc1cccc(Cl)c1CN1CCN(c2ncnc3ccsc23)CC1. The first-order chi connectivity index (χ1) is 11.7. The number of hydrogen-bond donors (Lipinski definition) is 0. The van der Waals surface area contributed by atoms with Crippen molar-refractivity contribution in [2.24, 2.45) is 0 Å². The summed E-state index contributed by atoms with van der Waals surface area (Å²) in [6.07, 6.45) is 1.62. The first-order valence-electron chi connectivity index (χ1n) is 7.81. The van der Waals surface area contributed by atoms with Gasteiger partial charge in [-0.1, -0.05) is 17.7 Å². The quantitative estimate of drug-likeness (QED) is 0.709. The largest absolute Gasteiger partial charge is 0.353 e. The van der Waals surface area contributed by atoms with Crippen LogP contribution in [0, 0.1) is 5.82 Å². The molecule has 1 fully saturated rings. The van der Waals surface area contributed by atoms with E-state index in [2.05, 4.69) is 19.8 Å². The summed E-state index contributed by atoms with van der Waals surface area (Å²) >= 11 is 7.80. The van der Waals surface area contributed by atoms with E-state index < -0.39 is 0 Å². The molecule has 3 aromatic rings. The fourth-order valence-corrected chi connectivity index (χ4v) is 4.11. The Balaban J connectivity index is 1.46. The minimum absolute atomic E-state index is 0.235. The number of rotatable bonds is 3. The van der Waals surface area contributed by atoms with Gasteiger partial charge >= 0.3 is 0 Å². The lowest BCUT2D eigenvalue weighted by Gasteiger charge is -2.35. The molecule has 0 amide bonds. The zero-order valence-electron chi connectivity index (χ0n) is 13.0. The summed E-state index contributed by atoms with van der Waals surface area (Å²) < 4.78 is 15.1. The minimum atomic E-state index is -0.235. The van der Waals surface area contributed by atoms with Crippen molar-refractivity contribution in [2.75, 3.05) is 31.1 Å². The standard InChI is InChI=1S/C17H16ClFN4S/c18-13-2-1-3-14(19)12(13)10-22-5-7-23(8-6-22)17-16-15(4-9-24-16)20-11-21-17/h1-4,9,11H,5-8,10H2. The molecule has 124 valence electrons. The van der Waals surface area contributed by atoms with Gasteiger partial charge in [-0.3, -0.25) is 4.90 Å². The van der Waals surface area contributed by atoms with Gasteiger partial charge in [-0.2, -0.15) is 0 Å². The maximum Gasteiger partial charge on any atom is 0.150 e. The van der Waals surface area contributed by atoms with Gasteiger partial charge in [0.1, 0.15) is 18.0 Å². The fraction of sp³-hybridized carbons (Fsp3) is 0.294. The van der Waals surface area contributed by atoms with Crippen molar-refractivity contribution >= 4 is 39.0 Å². The number of benzene rings is 1. The van der Waals surface area contributed by atoms with E-state index in [1.165, 1.54) is 6.07 Å². The van der Waals surface area contributed by atoms with E-state index in [1.54, 1.807) is 29.8 Å². The number of halogens is 2. The highest BCUT2D eigenvalue weighted by Crippen LogP contribution is 2.29. The van der Waals surface area contributed by atoms with Gasteiger partial charge in [-0.25, -0.2) is 14.4 Å². The number of nitrogens with zero attached hydrogens (tertiary/aromatic N) is 4. The molecule has 4 rings (SSSR count). The van der Waals surface area contributed by atoms with E-state index in [9.17, 15) is 4.39 Å². The Kier molecular flexibility index (Phi) is 4.35. The Morgan fingerprint density at radius 2 is 1.96 bits per heavy atom. The number of aromatic nitrogens is 2. The van der Waals surface area contributed by atoms with Crippen molar-refractivity contribution in [1.82, 2.24) is 14.9 Å². The average Bonchev–Trinajstić information content (AvgIpc) is 3.08. The van der Waals surface area contributed by atoms with Crippen molar-refractivity contribution in [3.63, 3.8) is 0 Å². The smallest absolute Gasteiger partial charge is 0.150 e. The molecule has 3 heterocycles. The molecule has 2 aromatic heterocycles. The van der Waals surface area contributed by atoms with Crippen molar-refractivity contribution in [1.29, 1.82) is 0 Å². The average molecular weight is 363 g/mol. The second-order valence-corrected chi connectivity index (χ2v) is 7.12. The van der Waals surface area contributed by atoms with Crippen LogP contribution >= 0.6 is 22.9 Å². The zero-order valence-corrected chi connectivity index (χ0v) is 14.5. The van der Waals surface area contributed by atoms with Crippen molar-refractivity contribution in [3.8, 4) is 0 Å². The predicted molar refractivity (Wildman–Crippen MR) is 96.3 cm³/mol. The molecule has 0 N–H and O–H groups in total. The molecule has 24 heavy (non-hydrogen) atoms. The Labute approximate surface area is 148 Å². The topological polar surface area (TPSA) is 32.3 Å². The highest BCUT2D eigenvalue weighted by Gasteiger charge is 2.21. The van der Waals surface area contributed by atoms with Crippen LogP contribution < -0.4 is 4.90 Å². The summed E-state index contributed by atoms with van der Waals surface area (Å²) in [5, 5.41) is 2.53. The Hall–Kier alpha value is -1.76. The third kappa shape index (κ3) is 2.97. The highest BCUT2D eigenvalue weighted by molar-refractivity contribution is 7.17. The lowest BCUT2D eigenvalue weighted by Crippen LogP contribution is -2.46. The molecule has 1 aliphatic rings. The zero-order chi connectivity index (χ0) is 16.5. The van der Waals surface area contributed by atoms with Gasteiger partial charge in [-0.05, 0) is 23.6 Å². The summed E-state index contributed by atoms with van der Waals surface area (Å²) in [4.78, 5) is 13.3. The maximum atomic E-state index is 13.9. The van der Waals surface area contributed by atoms with Crippen LogP contribution in [0.25, 0.3) is 10.2 Å². The Morgan fingerprint density at radius 1 is 1.12 bits per heavy atom. The Morgan fingerprint density at radius 3 is 2.75 bits per heavy atom. The lowest BCUT2D eigenvalue weighted by atomic mass is 10.2. The van der Waals surface area contributed by atoms with Gasteiger partial charge in [0.15, 0.2) is 0 Å². The molecule has 0 aliphatic carbocycles. The van der Waals surface area contributed by atoms with Crippen LogP contribution in [0.15, 0.2) is 36.0 Å². The summed E-state index contributed by atoms with van der Waals surface area (Å²) in [5.74, 6) is 0.764. The molecular weight excluding hydrogens is 347 g/mol. The van der Waals surface area contributed by atoms with Crippen LogP contribution in [0.4, 0.5) is 10.2 Å². The molecule has 0 bridgehead atoms. The summed E-state index contributed by atoms with van der Waals surface area (Å²) in [6.45, 7) is 3.95. The van der Waals surface area contributed by atoms with Crippen LogP contribution in [0.2, 0.25) is 5.02 Å². The first-order valence-corrected chi connectivity index (χ1v) is 9.06. The van der Waals surface area contributed by atoms with E-state index in [0.29, 0.717) is 17.1 Å². The normalized spacial score (nSPS) is 16.0. The van der Waals surface area contributed by atoms with E-state index in [1.807, 2.05) is 11.4 Å². The predicted octanol–water partition coefficient (Wildman–Crippen LogP) is 3.81. The molecule has 0 unspecified atom stereocenters. The Bertz CT molecular complexity index is 840. The third-order valence-corrected chi connectivity index (χ3v) is 5.59. The minimum Gasteiger partial charge on any atom is -0.353 e. The second kappa shape index (κ2) is 6.63. The van der Waals surface area contributed by atoms with Gasteiger partial charge in [0.2, 0.25) is 0 Å². The van der Waals surface area contributed by atoms with Gasteiger partial charge in [0.25, 0.3) is 0 Å². The monoisotopic (exact) mass is 362 g/mol. The number of fused-ring (bicyclic) bond motifs is 1. The summed E-state index contributed by atoms with van der Waals surface area (Å²) in [7, 11) is 0. The lowest BCUT2D eigenvalue weighted by molar-refractivity contribution is 0.246. The van der Waals surface area contributed by atoms with Crippen LogP contribution in [-0.4, -0.2) is 41.0 Å². The van der Waals surface area contributed by atoms with Crippen LogP contribution in [0.1, 0.15) is 5.56 Å². The molecule has 7 heteroatoms. The molecule has 0 atom stereocenters. The van der Waals surface area contributed by atoms with Crippen molar-refractivity contribution < 1.29 is 4.39 Å². The van der Waals surface area contributed by atoms with Gasteiger partial charge in [0, 0.05) is 43.3 Å². The molecule has 1 aliphatic heterocycles. The van der Waals surface area contributed by atoms with Gasteiger partial charge in [0.05, 0.1) is 10.2 Å². The number of piperazine rings is 1.